The molecule has 1 saturated heterocycles. The number of hydrogen-bond donors (Lipinski definition) is 1. The molecule has 0 radical (unpaired) electrons. The number of aromatic nitrogens is 2. The summed E-state index contributed by atoms with van der Waals surface area (Å²) in [6.45, 7) is 3.90. The summed E-state index contributed by atoms with van der Waals surface area (Å²) >= 11 is 0. The third-order valence-electron chi connectivity index (χ3n) is 5.39. The number of aryl methyl sites for hydroxylation is 2. The summed E-state index contributed by atoms with van der Waals surface area (Å²) in [6.07, 6.45) is 0.0482. The summed E-state index contributed by atoms with van der Waals surface area (Å²) in [4.78, 5) is 47.5. The number of carbonyl (C=O) groups is 3. The van der Waals surface area contributed by atoms with Gasteiger partial charge in [-0.1, -0.05) is 12.1 Å². The third kappa shape index (κ3) is 5.03. The lowest BCUT2D eigenvalue weighted by atomic mass is 10.1. The summed E-state index contributed by atoms with van der Waals surface area (Å²) in [6, 6.07) is 15.6. The molecule has 1 atom stereocenters. The maximum Gasteiger partial charge on any atom is 0.339 e. The molecule has 1 N–H and O–H groups in total. The van der Waals surface area contributed by atoms with Gasteiger partial charge in [0.25, 0.3) is 0 Å². The molecule has 34 heavy (non-hydrogen) atoms. The van der Waals surface area contributed by atoms with Crippen LogP contribution in [-0.2, 0) is 14.3 Å². The van der Waals surface area contributed by atoms with Crippen LogP contribution in [0.1, 0.15) is 28.2 Å². The van der Waals surface area contributed by atoms with Gasteiger partial charge in [0, 0.05) is 30.0 Å². The number of esters is 1. The number of hydrogen-bond acceptors (Lipinski definition) is 7. The first-order chi connectivity index (χ1) is 16.3. The maximum absolute atomic E-state index is 12.8. The van der Waals surface area contributed by atoms with Crippen LogP contribution in [0.3, 0.4) is 0 Å². The molecule has 1 aliphatic rings. The van der Waals surface area contributed by atoms with Crippen LogP contribution in [0.25, 0.3) is 0 Å². The van der Waals surface area contributed by atoms with Crippen molar-refractivity contribution >= 4 is 29.2 Å². The van der Waals surface area contributed by atoms with E-state index in [1.165, 1.54) is 12.0 Å². The summed E-state index contributed by atoms with van der Waals surface area (Å²) in [5, 5.41) is 2.84. The molecule has 9 nitrogen and oxygen atoms in total. The molecule has 0 spiro atoms. The molecular weight excluding hydrogens is 436 g/mol. The Bertz CT molecular complexity index is 1220. The number of ether oxygens (including phenoxy) is 2. The average molecular weight is 460 g/mol. The zero-order valence-electron chi connectivity index (χ0n) is 19.1. The van der Waals surface area contributed by atoms with E-state index in [1.54, 1.807) is 48.5 Å². The number of anilines is 2. The maximum atomic E-state index is 12.8. The molecule has 1 fully saturated rings. The van der Waals surface area contributed by atoms with Crippen LogP contribution in [0, 0.1) is 19.8 Å². The minimum absolute atomic E-state index is 0.0482. The van der Waals surface area contributed by atoms with Crippen LogP contribution >= 0.6 is 0 Å². The lowest BCUT2D eigenvalue weighted by Crippen LogP contribution is -2.29. The van der Waals surface area contributed by atoms with Crippen LogP contribution in [0.2, 0.25) is 0 Å². The summed E-state index contributed by atoms with van der Waals surface area (Å²) < 4.78 is 10.5. The highest BCUT2D eigenvalue weighted by atomic mass is 16.5. The Labute approximate surface area is 196 Å². The average Bonchev–Trinajstić information content (AvgIpc) is 3.21. The van der Waals surface area contributed by atoms with Gasteiger partial charge in [-0.3, -0.25) is 9.59 Å². The molecule has 2 aromatic carbocycles. The molecule has 0 bridgehead atoms. The van der Waals surface area contributed by atoms with Crippen molar-refractivity contribution in [2.24, 2.45) is 5.92 Å². The molecule has 2 heterocycles. The molecule has 0 aliphatic carbocycles. The number of para-hydroxylation sites is 1. The number of methoxy groups -OCH3 is 1. The van der Waals surface area contributed by atoms with Gasteiger partial charge < -0.3 is 19.7 Å². The number of nitrogens with one attached hydrogen (secondary N) is 1. The Morgan fingerprint density at radius 1 is 1.03 bits per heavy atom. The Kier molecular flexibility index (Phi) is 6.53. The van der Waals surface area contributed by atoms with Gasteiger partial charge >= 0.3 is 12.0 Å². The minimum Gasteiger partial charge on any atom is -0.465 e. The van der Waals surface area contributed by atoms with Crippen molar-refractivity contribution < 1.29 is 23.9 Å². The second-order valence-corrected chi connectivity index (χ2v) is 7.96. The lowest BCUT2D eigenvalue weighted by molar-refractivity contribution is -0.122. The van der Waals surface area contributed by atoms with Gasteiger partial charge in [0.1, 0.15) is 5.75 Å². The van der Waals surface area contributed by atoms with E-state index >= 15 is 0 Å². The van der Waals surface area contributed by atoms with Crippen molar-refractivity contribution in [3.63, 3.8) is 0 Å². The monoisotopic (exact) mass is 460 g/mol. The molecule has 174 valence electrons. The van der Waals surface area contributed by atoms with Crippen molar-refractivity contribution in [2.45, 2.75) is 20.3 Å². The normalized spacial score (nSPS) is 15.2. The summed E-state index contributed by atoms with van der Waals surface area (Å²) in [5.74, 6) is -1.07. The van der Waals surface area contributed by atoms with Crippen molar-refractivity contribution in [2.75, 3.05) is 23.9 Å². The first-order valence-corrected chi connectivity index (χ1v) is 10.7. The fraction of sp³-hybridized carbons (Fsp3) is 0.240. The van der Waals surface area contributed by atoms with Crippen LogP contribution in [0.15, 0.2) is 54.6 Å². The predicted octanol–water partition coefficient (Wildman–Crippen LogP) is 3.66. The highest BCUT2D eigenvalue weighted by molar-refractivity contribution is 6.07. The van der Waals surface area contributed by atoms with Crippen LogP contribution < -0.4 is 15.0 Å². The van der Waals surface area contributed by atoms with E-state index in [4.69, 9.17) is 9.47 Å². The molecule has 3 aromatic rings. The Morgan fingerprint density at radius 3 is 2.38 bits per heavy atom. The zero-order chi connectivity index (χ0) is 24.2. The summed E-state index contributed by atoms with van der Waals surface area (Å²) in [5.41, 5.74) is 2.90. The van der Waals surface area contributed by atoms with Gasteiger partial charge in [0.2, 0.25) is 11.8 Å². The largest absolute Gasteiger partial charge is 0.465 e. The van der Waals surface area contributed by atoms with Crippen molar-refractivity contribution in [3.05, 3.63) is 71.5 Å². The molecule has 9 heteroatoms. The van der Waals surface area contributed by atoms with Gasteiger partial charge in [-0.2, -0.15) is 0 Å². The fourth-order valence-electron chi connectivity index (χ4n) is 3.80. The van der Waals surface area contributed by atoms with E-state index in [0.29, 0.717) is 17.1 Å². The second-order valence-electron chi connectivity index (χ2n) is 7.96. The highest BCUT2D eigenvalue weighted by Gasteiger charge is 2.36. The zero-order valence-corrected chi connectivity index (χ0v) is 19.1. The minimum atomic E-state index is -0.558. The molecule has 0 saturated carbocycles. The number of benzene rings is 2. The Balaban J connectivity index is 1.41. The Hall–Kier alpha value is -4.27. The standard InChI is InChI=1S/C25H24N4O5/c1-15-12-16(2)27-25(26-15)34-19-10-8-18(9-11-19)28-23(31)17-13-22(30)29(14-17)21-7-5-4-6-20(21)24(32)33-3/h4-12,17H,13-14H2,1-3H3,(H,28,31). The van der Waals surface area contributed by atoms with E-state index in [0.717, 1.165) is 11.4 Å². The summed E-state index contributed by atoms with van der Waals surface area (Å²) in [7, 11) is 1.28. The topological polar surface area (TPSA) is 111 Å². The van der Waals surface area contributed by atoms with Crippen molar-refractivity contribution in [1.82, 2.24) is 9.97 Å². The van der Waals surface area contributed by atoms with E-state index in [1.807, 2.05) is 19.9 Å². The van der Waals surface area contributed by atoms with Crippen molar-refractivity contribution in [1.29, 1.82) is 0 Å². The Morgan fingerprint density at radius 2 is 1.71 bits per heavy atom. The van der Waals surface area contributed by atoms with E-state index in [2.05, 4.69) is 15.3 Å². The van der Waals surface area contributed by atoms with Gasteiger partial charge in [-0.05, 0) is 56.3 Å². The number of nitrogens with zero attached hydrogens (tertiary/aromatic N) is 3. The first kappa shape index (κ1) is 22.9. The SMILES string of the molecule is COC(=O)c1ccccc1N1CC(C(=O)Nc2ccc(Oc3nc(C)cc(C)n3)cc2)CC1=O. The van der Waals surface area contributed by atoms with E-state index < -0.39 is 11.9 Å². The van der Waals surface area contributed by atoms with Crippen LogP contribution in [0.4, 0.5) is 11.4 Å². The van der Waals surface area contributed by atoms with Crippen molar-refractivity contribution in [3.8, 4) is 11.8 Å². The molecule has 2 amide bonds. The second kappa shape index (κ2) is 9.70. The van der Waals surface area contributed by atoms with Gasteiger partial charge in [-0.25, -0.2) is 14.8 Å². The third-order valence-corrected chi connectivity index (χ3v) is 5.39. The van der Waals surface area contributed by atoms with E-state index in [9.17, 15) is 14.4 Å². The fourth-order valence-corrected chi connectivity index (χ4v) is 3.80. The highest BCUT2D eigenvalue weighted by Crippen LogP contribution is 2.29. The van der Waals surface area contributed by atoms with Crippen LogP contribution in [0.5, 0.6) is 11.8 Å². The molecule has 1 unspecified atom stereocenters. The van der Waals surface area contributed by atoms with E-state index in [-0.39, 0.29) is 36.4 Å². The van der Waals surface area contributed by atoms with Gasteiger partial charge in [-0.15, -0.1) is 0 Å². The first-order valence-electron chi connectivity index (χ1n) is 10.7. The smallest absolute Gasteiger partial charge is 0.339 e. The molecule has 4 rings (SSSR count). The molecular formula is C25H24N4O5. The molecule has 1 aliphatic heterocycles. The van der Waals surface area contributed by atoms with Gasteiger partial charge in [0.15, 0.2) is 0 Å². The predicted molar refractivity (Wildman–Crippen MR) is 125 cm³/mol. The quantitative estimate of drug-likeness (QED) is 0.559. The number of carbonyl (C=O) groups excluding carboxylic acids is 3. The number of amides is 2. The number of rotatable bonds is 6. The van der Waals surface area contributed by atoms with Crippen LogP contribution in [-0.4, -0.2) is 41.4 Å². The van der Waals surface area contributed by atoms with Gasteiger partial charge in [0.05, 0.1) is 24.3 Å². The molecule has 1 aromatic heterocycles. The lowest BCUT2D eigenvalue weighted by Gasteiger charge is -2.19.